The molecule has 0 aromatic carbocycles. The van der Waals surface area contributed by atoms with E-state index in [1.165, 1.54) is 12.4 Å². The van der Waals surface area contributed by atoms with Gasteiger partial charge in [0.05, 0.1) is 36.5 Å². The van der Waals surface area contributed by atoms with Crippen LogP contribution in [-0.2, 0) is 12.8 Å². The molecular formula is C9H7F3N4O. The molecule has 8 heteroatoms. The summed E-state index contributed by atoms with van der Waals surface area (Å²) in [6.07, 6.45) is -0.399. The van der Waals surface area contributed by atoms with Crippen LogP contribution >= 0.6 is 0 Å². The number of aliphatic hydroxyl groups is 1. The summed E-state index contributed by atoms with van der Waals surface area (Å²) >= 11 is 0. The van der Waals surface area contributed by atoms with Gasteiger partial charge in [0.2, 0.25) is 0 Å². The maximum Gasteiger partial charge on any atom is 0.419 e. The van der Waals surface area contributed by atoms with E-state index in [9.17, 15) is 13.2 Å². The van der Waals surface area contributed by atoms with Crippen LogP contribution in [0.1, 0.15) is 11.3 Å². The van der Waals surface area contributed by atoms with Crippen molar-refractivity contribution in [2.24, 2.45) is 0 Å². The lowest BCUT2D eigenvalue weighted by molar-refractivity contribution is -0.137. The van der Waals surface area contributed by atoms with Crippen molar-refractivity contribution in [1.82, 2.24) is 19.7 Å². The van der Waals surface area contributed by atoms with Crippen LogP contribution in [0.5, 0.6) is 0 Å². The Bertz CT molecular complexity index is 506. The predicted molar refractivity (Wildman–Crippen MR) is 50.1 cm³/mol. The van der Waals surface area contributed by atoms with Gasteiger partial charge in [-0.25, -0.2) is 9.67 Å². The van der Waals surface area contributed by atoms with Gasteiger partial charge >= 0.3 is 6.18 Å². The first-order valence-electron chi connectivity index (χ1n) is 4.55. The molecule has 5 nitrogen and oxygen atoms in total. The number of hydrogen-bond donors (Lipinski definition) is 1. The third-order valence-corrected chi connectivity index (χ3v) is 2.00. The summed E-state index contributed by atoms with van der Waals surface area (Å²) in [7, 11) is 0. The highest BCUT2D eigenvalue weighted by Gasteiger charge is 2.32. The van der Waals surface area contributed by atoms with E-state index in [1.807, 2.05) is 0 Å². The molecule has 0 aliphatic heterocycles. The van der Waals surface area contributed by atoms with Crippen molar-refractivity contribution >= 4 is 0 Å². The highest BCUT2D eigenvalue weighted by Crippen LogP contribution is 2.28. The molecule has 0 radical (unpaired) electrons. The summed E-state index contributed by atoms with van der Waals surface area (Å²) in [5, 5.41) is 12.3. The molecule has 2 heterocycles. The summed E-state index contributed by atoms with van der Waals surface area (Å²) in [5.74, 6) is 0.151. The van der Waals surface area contributed by atoms with Gasteiger partial charge in [-0.2, -0.15) is 18.3 Å². The molecule has 0 bridgehead atoms. The quantitative estimate of drug-likeness (QED) is 0.861. The van der Waals surface area contributed by atoms with Crippen LogP contribution in [0.4, 0.5) is 13.2 Å². The molecule has 0 aliphatic carbocycles. The van der Waals surface area contributed by atoms with Crippen molar-refractivity contribution in [3.8, 4) is 5.82 Å². The highest BCUT2D eigenvalue weighted by molar-refractivity contribution is 5.21. The molecule has 2 aromatic heterocycles. The zero-order valence-corrected chi connectivity index (χ0v) is 8.39. The van der Waals surface area contributed by atoms with E-state index in [0.717, 1.165) is 10.9 Å². The molecule has 90 valence electrons. The summed E-state index contributed by atoms with van der Waals surface area (Å²) in [4.78, 5) is 7.62. The maximum atomic E-state index is 12.3. The van der Waals surface area contributed by atoms with Crippen LogP contribution in [0, 0.1) is 0 Å². The van der Waals surface area contributed by atoms with E-state index >= 15 is 0 Å². The molecular weight excluding hydrogens is 237 g/mol. The molecule has 2 rings (SSSR count). The Labute approximate surface area is 93.6 Å². The molecule has 0 unspecified atom stereocenters. The number of halogens is 3. The Balaban J connectivity index is 2.30. The van der Waals surface area contributed by atoms with Gasteiger partial charge in [0.1, 0.15) is 0 Å². The monoisotopic (exact) mass is 244 g/mol. The van der Waals surface area contributed by atoms with Gasteiger partial charge in [0, 0.05) is 6.20 Å². The minimum Gasteiger partial charge on any atom is -0.390 e. The third kappa shape index (κ3) is 2.41. The molecule has 0 fully saturated rings. The Hall–Kier alpha value is -1.96. The van der Waals surface area contributed by atoms with Crippen molar-refractivity contribution in [2.45, 2.75) is 12.8 Å². The summed E-state index contributed by atoms with van der Waals surface area (Å²) in [6.45, 7) is -0.278. The topological polar surface area (TPSA) is 63.8 Å². The third-order valence-electron chi connectivity index (χ3n) is 2.00. The summed E-state index contributed by atoms with van der Waals surface area (Å²) < 4.78 is 37.9. The second-order valence-electron chi connectivity index (χ2n) is 3.20. The van der Waals surface area contributed by atoms with Crippen molar-refractivity contribution in [3.63, 3.8) is 0 Å². The zero-order chi connectivity index (χ0) is 12.5. The number of rotatable bonds is 2. The van der Waals surface area contributed by atoms with Gasteiger partial charge in [0.25, 0.3) is 0 Å². The van der Waals surface area contributed by atoms with Crippen LogP contribution in [0.15, 0.2) is 24.8 Å². The molecule has 1 N–H and O–H groups in total. The molecule has 0 aliphatic rings. The molecule has 17 heavy (non-hydrogen) atoms. The Morgan fingerprint density at radius 2 is 1.94 bits per heavy atom. The molecule has 0 atom stereocenters. The minimum atomic E-state index is -4.43. The first kappa shape index (κ1) is 11.5. The van der Waals surface area contributed by atoms with Crippen molar-refractivity contribution in [3.05, 3.63) is 36.0 Å². The Morgan fingerprint density at radius 1 is 1.18 bits per heavy atom. The molecule has 2 aromatic rings. The highest BCUT2D eigenvalue weighted by atomic mass is 19.4. The van der Waals surface area contributed by atoms with Gasteiger partial charge in [-0.15, -0.1) is 0 Å². The summed E-state index contributed by atoms with van der Waals surface area (Å²) in [6, 6.07) is 0. The lowest BCUT2D eigenvalue weighted by Gasteiger charge is -2.01. The second-order valence-corrected chi connectivity index (χ2v) is 3.20. The molecule has 0 amide bonds. The van der Waals surface area contributed by atoms with E-state index in [-0.39, 0.29) is 12.4 Å². The zero-order valence-electron chi connectivity index (χ0n) is 8.39. The fraction of sp³-hybridized carbons (Fsp3) is 0.222. The van der Waals surface area contributed by atoms with E-state index in [2.05, 4.69) is 15.1 Å². The lowest BCUT2D eigenvalue weighted by atomic mass is 10.4. The SMILES string of the molecule is OCc1cnc(-n2cc(C(F)(F)F)cn2)cn1. The van der Waals surface area contributed by atoms with Crippen LogP contribution in [-0.4, -0.2) is 24.9 Å². The van der Waals surface area contributed by atoms with E-state index < -0.39 is 11.7 Å². The first-order valence-corrected chi connectivity index (χ1v) is 4.55. The van der Waals surface area contributed by atoms with Crippen LogP contribution in [0.2, 0.25) is 0 Å². The van der Waals surface area contributed by atoms with Crippen LogP contribution in [0.25, 0.3) is 5.82 Å². The standard InChI is InChI=1S/C9H7F3N4O/c10-9(11,12)6-1-15-16(4-6)8-3-13-7(5-17)2-14-8/h1-4,17H,5H2. The van der Waals surface area contributed by atoms with Crippen molar-refractivity contribution in [1.29, 1.82) is 0 Å². The fourth-order valence-corrected chi connectivity index (χ4v) is 1.14. The van der Waals surface area contributed by atoms with Gasteiger partial charge < -0.3 is 5.11 Å². The van der Waals surface area contributed by atoms with E-state index in [4.69, 9.17) is 5.11 Å². The Morgan fingerprint density at radius 3 is 2.41 bits per heavy atom. The number of hydrogen-bond acceptors (Lipinski definition) is 4. The number of alkyl halides is 3. The maximum absolute atomic E-state index is 12.3. The summed E-state index contributed by atoms with van der Waals surface area (Å²) in [5.41, 5.74) is -0.525. The number of aromatic nitrogens is 4. The normalized spacial score (nSPS) is 11.8. The van der Waals surface area contributed by atoms with Crippen molar-refractivity contribution < 1.29 is 18.3 Å². The smallest absolute Gasteiger partial charge is 0.390 e. The predicted octanol–water partition coefficient (Wildman–Crippen LogP) is 1.17. The van der Waals surface area contributed by atoms with E-state index in [1.54, 1.807) is 0 Å². The lowest BCUT2D eigenvalue weighted by Crippen LogP contribution is -2.04. The van der Waals surface area contributed by atoms with Crippen molar-refractivity contribution in [2.75, 3.05) is 0 Å². The average Bonchev–Trinajstić information content (AvgIpc) is 2.78. The second kappa shape index (κ2) is 4.13. The van der Waals surface area contributed by atoms with E-state index in [0.29, 0.717) is 11.9 Å². The Kier molecular flexibility index (Phi) is 2.80. The minimum absolute atomic E-state index is 0.151. The number of nitrogens with zero attached hydrogens (tertiary/aromatic N) is 4. The van der Waals surface area contributed by atoms with Crippen LogP contribution in [0.3, 0.4) is 0 Å². The first-order chi connectivity index (χ1) is 8.00. The van der Waals surface area contributed by atoms with Gasteiger partial charge in [0.15, 0.2) is 5.82 Å². The molecule has 0 spiro atoms. The fourth-order valence-electron chi connectivity index (χ4n) is 1.14. The molecule has 0 saturated heterocycles. The number of aliphatic hydroxyl groups excluding tert-OH is 1. The molecule has 0 saturated carbocycles. The van der Waals surface area contributed by atoms with Gasteiger partial charge in [-0.05, 0) is 0 Å². The van der Waals surface area contributed by atoms with Crippen LogP contribution < -0.4 is 0 Å². The average molecular weight is 244 g/mol. The largest absolute Gasteiger partial charge is 0.419 e. The van der Waals surface area contributed by atoms with Gasteiger partial charge in [-0.1, -0.05) is 0 Å². The van der Waals surface area contributed by atoms with Gasteiger partial charge in [-0.3, -0.25) is 4.98 Å².